The molecule has 0 saturated carbocycles. The van der Waals surface area contributed by atoms with E-state index in [2.05, 4.69) is 5.32 Å². The Hall–Kier alpha value is -2.58. The summed E-state index contributed by atoms with van der Waals surface area (Å²) in [5.41, 5.74) is 2.02. The van der Waals surface area contributed by atoms with Crippen molar-refractivity contribution < 1.29 is 18.0 Å². The summed E-state index contributed by atoms with van der Waals surface area (Å²) in [6.45, 7) is 3.42. The zero-order chi connectivity index (χ0) is 23.9. The summed E-state index contributed by atoms with van der Waals surface area (Å²) in [6.07, 6.45) is 1.98. The number of rotatable bonds is 10. The fourth-order valence-electron chi connectivity index (χ4n) is 3.51. The minimum Gasteiger partial charge on any atom is -0.357 e. The second-order valence-corrected chi connectivity index (χ2v) is 9.90. The monoisotopic (exact) mass is 479 g/mol. The van der Waals surface area contributed by atoms with Crippen LogP contribution < -0.4 is 9.62 Å². The molecule has 2 rings (SSSR count). The van der Waals surface area contributed by atoms with Crippen molar-refractivity contribution in [2.45, 2.75) is 32.7 Å². The highest BCUT2D eigenvalue weighted by molar-refractivity contribution is 7.92. The molecule has 1 atom stereocenters. The lowest BCUT2D eigenvalue weighted by molar-refractivity contribution is -0.139. The van der Waals surface area contributed by atoms with Crippen molar-refractivity contribution in [3.8, 4) is 0 Å². The van der Waals surface area contributed by atoms with Gasteiger partial charge < -0.3 is 10.2 Å². The number of amides is 2. The van der Waals surface area contributed by atoms with Gasteiger partial charge in [0.1, 0.15) is 12.6 Å². The molecule has 2 aromatic carbocycles. The molecular weight excluding hydrogens is 450 g/mol. The fraction of sp³-hybridized carbons (Fsp3) is 0.391. The Kier molecular flexibility index (Phi) is 9.09. The lowest BCUT2D eigenvalue weighted by atomic mass is 10.1. The van der Waals surface area contributed by atoms with Crippen LogP contribution in [0.25, 0.3) is 0 Å². The van der Waals surface area contributed by atoms with Crippen LogP contribution in [0.4, 0.5) is 5.69 Å². The van der Waals surface area contributed by atoms with Crippen LogP contribution in [0.3, 0.4) is 0 Å². The molecule has 0 bridgehead atoms. The van der Waals surface area contributed by atoms with Crippen molar-refractivity contribution in [2.75, 3.05) is 30.7 Å². The topological polar surface area (TPSA) is 86.8 Å². The van der Waals surface area contributed by atoms with Crippen LogP contribution in [0.2, 0.25) is 5.02 Å². The Morgan fingerprint density at radius 1 is 1.12 bits per heavy atom. The van der Waals surface area contributed by atoms with E-state index in [9.17, 15) is 18.0 Å². The molecule has 0 aliphatic carbocycles. The number of carbonyl (C=O) groups excluding carboxylic acids is 2. The summed E-state index contributed by atoms with van der Waals surface area (Å²) in [5.74, 6) is -0.750. The van der Waals surface area contributed by atoms with Gasteiger partial charge in [-0.15, -0.1) is 0 Å². The molecule has 32 heavy (non-hydrogen) atoms. The second kappa shape index (κ2) is 11.3. The van der Waals surface area contributed by atoms with Crippen molar-refractivity contribution in [1.82, 2.24) is 10.2 Å². The molecule has 2 amide bonds. The first-order chi connectivity index (χ1) is 15.1. The lowest BCUT2D eigenvalue weighted by Crippen LogP contribution is -2.52. The van der Waals surface area contributed by atoms with Crippen LogP contribution in [0.15, 0.2) is 48.5 Å². The van der Waals surface area contributed by atoms with Gasteiger partial charge in [-0.25, -0.2) is 8.42 Å². The third-order valence-electron chi connectivity index (χ3n) is 5.24. The maximum atomic E-state index is 13.4. The number of nitrogens with zero attached hydrogens (tertiary/aromatic N) is 2. The molecule has 0 aromatic heterocycles. The number of benzene rings is 2. The zero-order valence-corrected chi connectivity index (χ0v) is 20.4. The van der Waals surface area contributed by atoms with Gasteiger partial charge in [-0.05, 0) is 43.0 Å². The Morgan fingerprint density at radius 2 is 1.78 bits per heavy atom. The fourth-order valence-corrected chi connectivity index (χ4v) is 4.57. The number of nitrogens with one attached hydrogen (secondary N) is 1. The molecule has 0 heterocycles. The quantitative estimate of drug-likeness (QED) is 0.567. The molecule has 0 spiro atoms. The number of carbonyl (C=O) groups is 2. The average Bonchev–Trinajstić information content (AvgIpc) is 2.76. The predicted octanol–water partition coefficient (Wildman–Crippen LogP) is 3.01. The van der Waals surface area contributed by atoms with Crippen LogP contribution in [0, 0.1) is 6.92 Å². The van der Waals surface area contributed by atoms with Gasteiger partial charge in [-0.2, -0.15) is 0 Å². The zero-order valence-electron chi connectivity index (χ0n) is 18.8. The lowest BCUT2D eigenvalue weighted by Gasteiger charge is -2.33. The third kappa shape index (κ3) is 6.71. The smallest absolute Gasteiger partial charge is 0.244 e. The largest absolute Gasteiger partial charge is 0.357 e. The Bertz CT molecular complexity index is 1040. The van der Waals surface area contributed by atoms with Crippen molar-refractivity contribution in [3.63, 3.8) is 0 Å². The van der Waals surface area contributed by atoms with Crippen LogP contribution in [-0.4, -0.2) is 57.6 Å². The van der Waals surface area contributed by atoms with E-state index in [1.807, 2.05) is 37.3 Å². The van der Waals surface area contributed by atoms with E-state index in [4.69, 9.17) is 11.6 Å². The molecule has 2 aromatic rings. The van der Waals surface area contributed by atoms with E-state index < -0.39 is 28.5 Å². The summed E-state index contributed by atoms with van der Waals surface area (Å²) < 4.78 is 26.2. The molecule has 1 N–H and O–H groups in total. The van der Waals surface area contributed by atoms with E-state index in [0.717, 1.165) is 16.1 Å². The van der Waals surface area contributed by atoms with Crippen molar-refractivity contribution >= 4 is 39.1 Å². The molecule has 9 heteroatoms. The predicted molar refractivity (Wildman–Crippen MR) is 128 cm³/mol. The Labute approximate surface area is 195 Å². The van der Waals surface area contributed by atoms with E-state index in [-0.39, 0.29) is 12.5 Å². The molecule has 0 saturated heterocycles. The number of aryl methyl sites for hydroxylation is 1. The van der Waals surface area contributed by atoms with Crippen LogP contribution >= 0.6 is 11.6 Å². The molecule has 0 fully saturated rings. The molecular formula is C23H30ClN3O4S. The highest BCUT2D eigenvalue weighted by atomic mass is 35.5. The maximum absolute atomic E-state index is 13.4. The number of halogens is 1. The van der Waals surface area contributed by atoms with E-state index in [1.54, 1.807) is 19.1 Å². The van der Waals surface area contributed by atoms with Crippen molar-refractivity contribution in [1.29, 1.82) is 0 Å². The molecule has 7 nitrogen and oxygen atoms in total. The summed E-state index contributed by atoms with van der Waals surface area (Å²) in [4.78, 5) is 27.4. The number of likely N-dealkylation sites (N-methyl/N-ethyl adjacent to an activating group) is 1. The van der Waals surface area contributed by atoms with Gasteiger partial charge >= 0.3 is 0 Å². The summed E-state index contributed by atoms with van der Waals surface area (Å²) in [5, 5.41) is 2.96. The van der Waals surface area contributed by atoms with Crippen molar-refractivity contribution in [2.24, 2.45) is 0 Å². The van der Waals surface area contributed by atoms with Gasteiger partial charge in [0.2, 0.25) is 21.8 Å². The van der Waals surface area contributed by atoms with Gasteiger partial charge in [0, 0.05) is 18.6 Å². The number of anilines is 1. The minimum absolute atomic E-state index is 0.279. The standard InChI is InChI=1S/C23H30ClN3O4S/c1-5-20(23(29)25-3)26(14-13-18-9-7-6-8-10-18)22(28)16-27(32(4,30)31)21-15-19(24)12-11-17(21)2/h6-12,15,20H,5,13-14,16H2,1-4H3,(H,25,29)/t20-/m1/s1. The van der Waals surface area contributed by atoms with Gasteiger partial charge in [-0.1, -0.05) is 54.9 Å². The first-order valence-corrected chi connectivity index (χ1v) is 12.6. The van der Waals surface area contributed by atoms with Crippen LogP contribution in [0.5, 0.6) is 0 Å². The molecule has 0 radical (unpaired) electrons. The average molecular weight is 480 g/mol. The molecule has 0 aliphatic rings. The summed E-state index contributed by atoms with van der Waals surface area (Å²) in [6, 6.07) is 13.8. The molecule has 0 unspecified atom stereocenters. The van der Waals surface area contributed by atoms with E-state index in [0.29, 0.717) is 29.1 Å². The number of hydrogen-bond acceptors (Lipinski definition) is 4. The van der Waals surface area contributed by atoms with Crippen LogP contribution in [0.1, 0.15) is 24.5 Å². The van der Waals surface area contributed by atoms with E-state index >= 15 is 0 Å². The Balaban J connectivity index is 2.38. The normalized spacial score (nSPS) is 12.2. The van der Waals surface area contributed by atoms with Crippen LogP contribution in [-0.2, 0) is 26.0 Å². The highest BCUT2D eigenvalue weighted by Gasteiger charge is 2.31. The number of sulfonamides is 1. The van der Waals surface area contributed by atoms with Gasteiger partial charge in [-0.3, -0.25) is 13.9 Å². The third-order valence-corrected chi connectivity index (χ3v) is 6.60. The molecule has 0 aliphatic heterocycles. The van der Waals surface area contributed by atoms with Gasteiger partial charge in [0.05, 0.1) is 11.9 Å². The maximum Gasteiger partial charge on any atom is 0.244 e. The molecule has 174 valence electrons. The first-order valence-electron chi connectivity index (χ1n) is 10.4. The van der Waals surface area contributed by atoms with Gasteiger partial charge in [0.15, 0.2) is 0 Å². The Morgan fingerprint density at radius 3 is 2.34 bits per heavy atom. The van der Waals surface area contributed by atoms with Crippen molar-refractivity contribution in [3.05, 3.63) is 64.7 Å². The number of hydrogen-bond donors (Lipinski definition) is 1. The summed E-state index contributed by atoms with van der Waals surface area (Å²) >= 11 is 6.09. The second-order valence-electron chi connectivity index (χ2n) is 7.56. The minimum atomic E-state index is -3.78. The first kappa shape index (κ1) is 25.7. The highest BCUT2D eigenvalue weighted by Crippen LogP contribution is 2.26. The SMILES string of the molecule is CC[C@H](C(=O)NC)N(CCc1ccccc1)C(=O)CN(c1cc(Cl)ccc1C)S(C)(=O)=O. The van der Waals surface area contributed by atoms with E-state index in [1.165, 1.54) is 18.0 Å². The summed E-state index contributed by atoms with van der Waals surface area (Å²) in [7, 11) is -2.27. The van der Waals surface area contributed by atoms with Gasteiger partial charge in [0.25, 0.3) is 0 Å².